The van der Waals surface area contributed by atoms with Crippen LogP contribution in [0.1, 0.15) is 19.7 Å². The van der Waals surface area contributed by atoms with Gasteiger partial charge < -0.3 is 16.0 Å². The molecule has 3 heterocycles. The molecule has 2 saturated heterocycles. The van der Waals surface area contributed by atoms with Crippen LogP contribution in [0.4, 0.5) is 11.9 Å². The summed E-state index contributed by atoms with van der Waals surface area (Å²) in [5.74, 6) is 3.10. The van der Waals surface area contributed by atoms with Crippen molar-refractivity contribution in [3.63, 3.8) is 0 Å². The summed E-state index contributed by atoms with van der Waals surface area (Å²) in [6, 6.07) is 0. The molecule has 7 heteroatoms. The first-order valence-electron chi connectivity index (χ1n) is 7.51. The van der Waals surface area contributed by atoms with Gasteiger partial charge in [0.15, 0.2) is 0 Å². The molecule has 0 aliphatic carbocycles. The summed E-state index contributed by atoms with van der Waals surface area (Å²) < 4.78 is 0. The highest BCUT2D eigenvalue weighted by Gasteiger charge is 2.49. The lowest BCUT2D eigenvalue weighted by Gasteiger charge is -2.35. The summed E-state index contributed by atoms with van der Waals surface area (Å²) in [5, 5.41) is 3.50. The highest BCUT2D eigenvalue weighted by molar-refractivity contribution is 5.32. The van der Waals surface area contributed by atoms with E-state index in [0.717, 1.165) is 37.9 Å². The van der Waals surface area contributed by atoms with Gasteiger partial charge >= 0.3 is 0 Å². The van der Waals surface area contributed by atoms with Gasteiger partial charge in [-0.1, -0.05) is 0 Å². The summed E-state index contributed by atoms with van der Waals surface area (Å²) in [4.78, 5) is 17.3. The minimum absolute atomic E-state index is 0.161. The topological polar surface area (TPSA) is 83.2 Å². The highest BCUT2D eigenvalue weighted by atomic mass is 15.3. The summed E-state index contributed by atoms with van der Waals surface area (Å²) in [6.45, 7) is 8.69. The van der Waals surface area contributed by atoms with Gasteiger partial charge in [-0.05, 0) is 32.2 Å². The molecule has 2 atom stereocenters. The number of rotatable bonds is 3. The molecule has 2 aliphatic rings. The summed E-state index contributed by atoms with van der Waals surface area (Å²) in [7, 11) is 3.82. The fourth-order valence-corrected chi connectivity index (χ4v) is 3.64. The van der Waals surface area contributed by atoms with E-state index in [1.165, 1.54) is 0 Å². The second-order valence-electron chi connectivity index (χ2n) is 6.86. The molecular weight excluding hydrogens is 266 g/mol. The van der Waals surface area contributed by atoms with Gasteiger partial charge in [0.25, 0.3) is 0 Å². The van der Waals surface area contributed by atoms with Gasteiger partial charge in [-0.2, -0.15) is 15.0 Å². The second kappa shape index (κ2) is 5.06. The smallest absolute Gasteiger partial charge is 0.229 e. The first-order valence-corrected chi connectivity index (χ1v) is 7.51. The Morgan fingerprint density at radius 1 is 1.29 bits per heavy atom. The van der Waals surface area contributed by atoms with Crippen LogP contribution in [0.5, 0.6) is 0 Å². The molecule has 1 aromatic rings. The Kier molecular flexibility index (Phi) is 3.49. The number of fused-ring (bicyclic) bond motifs is 1. The second-order valence-corrected chi connectivity index (χ2v) is 6.86. The molecule has 2 unspecified atom stereocenters. The monoisotopic (exact) mass is 291 g/mol. The van der Waals surface area contributed by atoms with Crippen molar-refractivity contribution < 1.29 is 0 Å². The minimum atomic E-state index is 0.161. The average molecular weight is 291 g/mol. The number of nitrogens with one attached hydrogen (secondary N) is 1. The van der Waals surface area contributed by atoms with E-state index in [0.29, 0.717) is 17.8 Å². The lowest BCUT2D eigenvalue weighted by Crippen LogP contribution is -2.44. The molecule has 7 nitrogen and oxygen atoms in total. The Morgan fingerprint density at radius 3 is 2.71 bits per heavy atom. The molecule has 0 spiro atoms. The average Bonchev–Trinajstić information content (AvgIpc) is 2.93. The molecule has 0 bridgehead atoms. The lowest BCUT2D eigenvalue weighted by atomic mass is 9.85. The van der Waals surface area contributed by atoms with Crippen LogP contribution in [-0.4, -0.2) is 59.1 Å². The lowest BCUT2D eigenvalue weighted by molar-refractivity contribution is 0.128. The molecule has 0 amide bonds. The van der Waals surface area contributed by atoms with Crippen molar-refractivity contribution in [3.05, 3.63) is 5.82 Å². The fraction of sp³-hybridized carbons (Fsp3) is 0.786. The van der Waals surface area contributed by atoms with Crippen LogP contribution in [0.25, 0.3) is 0 Å². The number of nitrogens with two attached hydrogens (primary N) is 1. The number of nitrogens with zero attached hydrogens (tertiary/aromatic N) is 5. The predicted molar refractivity (Wildman–Crippen MR) is 82.9 cm³/mol. The molecule has 21 heavy (non-hydrogen) atoms. The van der Waals surface area contributed by atoms with Gasteiger partial charge in [0.2, 0.25) is 11.9 Å². The number of anilines is 2. The summed E-state index contributed by atoms with van der Waals surface area (Å²) in [6.07, 6.45) is 0. The van der Waals surface area contributed by atoms with Crippen LogP contribution in [0.3, 0.4) is 0 Å². The first kappa shape index (κ1) is 14.5. The fourth-order valence-electron chi connectivity index (χ4n) is 3.64. The van der Waals surface area contributed by atoms with Gasteiger partial charge in [-0.3, -0.25) is 4.90 Å². The Hall–Kier alpha value is -1.47. The number of nitrogen functional groups attached to an aromatic ring is 1. The summed E-state index contributed by atoms with van der Waals surface area (Å²) >= 11 is 0. The van der Waals surface area contributed by atoms with Gasteiger partial charge in [0.05, 0.1) is 6.54 Å². The standard InChI is InChI=1S/C14H25N7/c1-14(2)10-6-16-5-9(10)7-21(14)8-11-17-12(15)19-13(18-11)20(3)4/h9-10,16H,5-8H2,1-4H3,(H2,15,17,18,19). The van der Waals surface area contributed by atoms with E-state index in [4.69, 9.17) is 5.73 Å². The quantitative estimate of drug-likeness (QED) is 0.808. The van der Waals surface area contributed by atoms with Crippen LogP contribution >= 0.6 is 0 Å². The van der Waals surface area contributed by atoms with Crippen molar-refractivity contribution in [1.29, 1.82) is 0 Å². The minimum Gasteiger partial charge on any atom is -0.368 e. The van der Waals surface area contributed by atoms with E-state index >= 15 is 0 Å². The molecule has 3 N–H and O–H groups in total. The third-order valence-corrected chi connectivity index (χ3v) is 4.94. The van der Waals surface area contributed by atoms with Crippen LogP contribution in [-0.2, 0) is 6.54 Å². The first-order chi connectivity index (χ1) is 9.88. The zero-order valence-electron chi connectivity index (χ0n) is 13.3. The van der Waals surface area contributed by atoms with Gasteiger partial charge in [-0.15, -0.1) is 0 Å². The van der Waals surface area contributed by atoms with Crippen molar-refractivity contribution in [2.45, 2.75) is 25.9 Å². The van der Waals surface area contributed by atoms with Crippen LogP contribution < -0.4 is 16.0 Å². The van der Waals surface area contributed by atoms with Gasteiger partial charge in [0.1, 0.15) is 5.82 Å². The van der Waals surface area contributed by atoms with E-state index < -0.39 is 0 Å². The molecule has 0 aromatic carbocycles. The Bertz CT molecular complexity index is 528. The maximum absolute atomic E-state index is 5.81. The molecule has 1 aromatic heterocycles. The SMILES string of the molecule is CN(C)c1nc(N)nc(CN2CC3CNCC3C2(C)C)n1. The maximum atomic E-state index is 5.81. The third kappa shape index (κ3) is 2.55. The molecule has 0 radical (unpaired) electrons. The maximum Gasteiger partial charge on any atom is 0.229 e. The van der Waals surface area contributed by atoms with Gasteiger partial charge in [0, 0.05) is 32.7 Å². The normalized spacial score (nSPS) is 27.8. The molecule has 2 fully saturated rings. The van der Waals surface area contributed by atoms with Crippen molar-refractivity contribution in [3.8, 4) is 0 Å². The number of aromatic nitrogens is 3. The van der Waals surface area contributed by atoms with E-state index in [1.807, 2.05) is 19.0 Å². The summed E-state index contributed by atoms with van der Waals surface area (Å²) in [5.41, 5.74) is 5.97. The number of hydrogen-bond acceptors (Lipinski definition) is 7. The van der Waals surface area contributed by atoms with Crippen molar-refractivity contribution in [1.82, 2.24) is 25.2 Å². The van der Waals surface area contributed by atoms with Crippen molar-refractivity contribution in [2.24, 2.45) is 11.8 Å². The Balaban J connectivity index is 1.81. The zero-order chi connectivity index (χ0) is 15.2. The molecular formula is C14H25N7. The van der Waals surface area contributed by atoms with Gasteiger partial charge in [-0.25, -0.2) is 0 Å². The van der Waals surface area contributed by atoms with Crippen LogP contribution in [0.15, 0.2) is 0 Å². The van der Waals surface area contributed by atoms with E-state index in [2.05, 4.69) is 39.0 Å². The van der Waals surface area contributed by atoms with Crippen LogP contribution in [0.2, 0.25) is 0 Å². The predicted octanol–water partition coefficient (Wildman–Crippen LogP) is -0.0504. The van der Waals surface area contributed by atoms with Crippen molar-refractivity contribution in [2.75, 3.05) is 44.4 Å². The Labute approximate surface area is 126 Å². The molecule has 116 valence electrons. The third-order valence-electron chi connectivity index (χ3n) is 4.94. The van der Waals surface area contributed by atoms with Crippen LogP contribution in [0, 0.1) is 11.8 Å². The van der Waals surface area contributed by atoms with E-state index in [1.54, 1.807) is 0 Å². The van der Waals surface area contributed by atoms with E-state index in [-0.39, 0.29) is 5.54 Å². The molecule has 2 aliphatic heterocycles. The zero-order valence-corrected chi connectivity index (χ0v) is 13.3. The van der Waals surface area contributed by atoms with Crippen molar-refractivity contribution >= 4 is 11.9 Å². The number of likely N-dealkylation sites (tertiary alicyclic amines) is 1. The molecule has 0 saturated carbocycles. The number of hydrogen-bond donors (Lipinski definition) is 2. The largest absolute Gasteiger partial charge is 0.368 e. The molecule has 3 rings (SSSR count). The highest BCUT2D eigenvalue weighted by Crippen LogP contribution is 2.41. The van der Waals surface area contributed by atoms with E-state index in [9.17, 15) is 0 Å². The Morgan fingerprint density at radius 2 is 2.05 bits per heavy atom.